The van der Waals surface area contributed by atoms with Crippen molar-refractivity contribution in [3.8, 4) is 11.5 Å². The Morgan fingerprint density at radius 2 is 2.00 bits per heavy atom. The number of nitro benzene ring substituents is 1. The standard InChI is InChI=1S/C13H16N2O3Si/c1-14-13(16)11-6-5-10(7-8-19(2,3)4)12(9-11)15(17)18/h5-6,9H,1-4H3,(H,14,16). The molecule has 0 bridgehead atoms. The highest BCUT2D eigenvalue weighted by Crippen LogP contribution is 2.19. The molecule has 5 nitrogen and oxygen atoms in total. The molecular weight excluding hydrogens is 260 g/mol. The van der Waals surface area contributed by atoms with Gasteiger partial charge >= 0.3 is 0 Å². The van der Waals surface area contributed by atoms with Gasteiger partial charge in [0.2, 0.25) is 0 Å². The van der Waals surface area contributed by atoms with Gasteiger partial charge in [0, 0.05) is 18.7 Å². The van der Waals surface area contributed by atoms with Crippen LogP contribution in [0.1, 0.15) is 15.9 Å². The van der Waals surface area contributed by atoms with Gasteiger partial charge in [-0.1, -0.05) is 25.6 Å². The lowest BCUT2D eigenvalue weighted by molar-refractivity contribution is -0.385. The molecule has 6 heteroatoms. The van der Waals surface area contributed by atoms with Gasteiger partial charge in [-0.2, -0.15) is 0 Å². The maximum Gasteiger partial charge on any atom is 0.285 e. The molecule has 0 saturated heterocycles. The summed E-state index contributed by atoms with van der Waals surface area (Å²) in [6, 6.07) is 4.32. The third-order valence-electron chi connectivity index (χ3n) is 2.26. The second-order valence-corrected chi connectivity index (χ2v) is 9.82. The fraction of sp³-hybridized carbons (Fsp3) is 0.308. The number of rotatable bonds is 2. The molecule has 1 amide bonds. The van der Waals surface area contributed by atoms with Gasteiger partial charge in [-0.15, -0.1) is 5.54 Å². The number of carbonyl (C=O) groups is 1. The van der Waals surface area contributed by atoms with Crippen molar-refractivity contribution in [2.45, 2.75) is 19.6 Å². The van der Waals surface area contributed by atoms with Gasteiger partial charge in [0.25, 0.3) is 11.6 Å². The fourth-order valence-electron chi connectivity index (χ4n) is 1.33. The van der Waals surface area contributed by atoms with E-state index in [1.807, 2.05) is 0 Å². The van der Waals surface area contributed by atoms with Crippen LogP contribution in [-0.4, -0.2) is 26.0 Å². The van der Waals surface area contributed by atoms with E-state index in [4.69, 9.17) is 0 Å². The second-order valence-electron chi connectivity index (χ2n) is 5.07. The monoisotopic (exact) mass is 276 g/mol. The van der Waals surface area contributed by atoms with Crippen LogP contribution in [0.5, 0.6) is 0 Å². The molecule has 0 aliphatic carbocycles. The molecule has 0 unspecified atom stereocenters. The summed E-state index contributed by atoms with van der Waals surface area (Å²) in [6.07, 6.45) is 0. The summed E-state index contributed by atoms with van der Waals surface area (Å²) in [7, 11) is -0.124. The van der Waals surface area contributed by atoms with Gasteiger partial charge in [-0.3, -0.25) is 14.9 Å². The van der Waals surface area contributed by atoms with E-state index in [2.05, 4.69) is 36.4 Å². The molecule has 1 aromatic rings. The normalized spacial score (nSPS) is 10.3. The summed E-state index contributed by atoms with van der Waals surface area (Å²) in [4.78, 5) is 22.0. The van der Waals surface area contributed by atoms with Crippen LogP contribution in [0.4, 0.5) is 5.69 Å². The summed E-state index contributed by atoms with van der Waals surface area (Å²) >= 11 is 0. The zero-order valence-corrected chi connectivity index (χ0v) is 12.4. The Labute approximate surface area is 113 Å². The third kappa shape index (κ3) is 4.23. The van der Waals surface area contributed by atoms with Crippen LogP contribution in [0.2, 0.25) is 19.6 Å². The summed E-state index contributed by atoms with van der Waals surface area (Å²) in [5.41, 5.74) is 3.55. The van der Waals surface area contributed by atoms with E-state index in [1.54, 1.807) is 6.07 Å². The molecule has 1 aromatic carbocycles. The Bertz CT molecular complexity index is 580. The van der Waals surface area contributed by atoms with Crippen molar-refractivity contribution in [2.24, 2.45) is 0 Å². The summed E-state index contributed by atoms with van der Waals surface area (Å²) in [5.74, 6) is 2.50. The predicted molar refractivity (Wildman–Crippen MR) is 76.7 cm³/mol. The van der Waals surface area contributed by atoms with Crippen molar-refractivity contribution in [2.75, 3.05) is 7.05 Å². The van der Waals surface area contributed by atoms with E-state index in [-0.39, 0.29) is 17.2 Å². The van der Waals surface area contributed by atoms with E-state index in [1.165, 1.54) is 19.2 Å². The maximum absolute atomic E-state index is 11.5. The number of hydrogen-bond donors (Lipinski definition) is 1. The largest absolute Gasteiger partial charge is 0.355 e. The van der Waals surface area contributed by atoms with E-state index in [0.29, 0.717) is 5.56 Å². The molecule has 0 aliphatic rings. The van der Waals surface area contributed by atoms with Crippen LogP contribution in [0.15, 0.2) is 18.2 Å². The van der Waals surface area contributed by atoms with Crippen LogP contribution >= 0.6 is 0 Å². The summed E-state index contributed by atoms with van der Waals surface area (Å²) in [5, 5.41) is 13.5. The van der Waals surface area contributed by atoms with Crippen molar-refractivity contribution >= 4 is 19.7 Å². The number of nitro groups is 1. The Kier molecular flexibility index (Phi) is 4.46. The highest BCUT2D eigenvalue weighted by Gasteiger charge is 2.16. The Morgan fingerprint density at radius 1 is 1.37 bits per heavy atom. The van der Waals surface area contributed by atoms with Gasteiger partial charge in [-0.05, 0) is 12.1 Å². The van der Waals surface area contributed by atoms with E-state index < -0.39 is 13.0 Å². The van der Waals surface area contributed by atoms with Gasteiger partial charge in [-0.25, -0.2) is 0 Å². The average molecular weight is 276 g/mol. The van der Waals surface area contributed by atoms with Crippen LogP contribution in [0.3, 0.4) is 0 Å². The van der Waals surface area contributed by atoms with Crippen molar-refractivity contribution in [3.05, 3.63) is 39.4 Å². The molecule has 0 aromatic heterocycles. The molecule has 1 rings (SSSR count). The maximum atomic E-state index is 11.5. The molecule has 0 fully saturated rings. The Morgan fingerprint density at radius 3 is 2.47 bits per heavy atom. The second kappa shape index (κ2) is 5.67. The zero-order valence-electron chi connectivity index (χ0n) is 11.4. The van der Waals surface area contributed by atoms with Gasteiger partial charge in [0.05, 0.1) is 4.92 Å². The molecule has 0 spiro atoms. The van der Waals surface area contributed by atoms with Crippen LogP contribution in [0, 0.1) is 21.6 Å². The first-order chi connectivity index (χ1) is 8.74. The van der Waals surface area contributed by atoms with Crippen molar-refractivity contribution in [3.63, 3.8) is 0 Å². The summed E-state index contributed by atoms with van der Waals surface area (Å²) in [6.45, 7) is 6.18. The number of hydrogen-bond acceptors (Lipinski definition) is 3. The van der Waals surface area contributed by atoms with Crippen LogP contribution in [-0.2, 0) is 0 Å². The first-order valence-corrected chi connectivity index (χ1v) is 9.28. The molecular formula is C13H16N2O3Si. The predicted octanol–water partition coefficient (Wildman–Crippen LogP) is 2.18. The lowest BCUT2D eigenvalue weighted by atomic mass is 10.1. The molecule has 0 atom stereocenters. The molecule has 0 heterocycles. The average Bonchev–Trinajstić information content (AvgIpc) is 2.34. The molecule has 0 radical (unpaired) electrons. The quantitative estimate of drug-likeness (QED) is 0.389. The minimum absolute atomic E-state index is 0.133. The first kappa shape index (κ1) is 14.9. The Hall–Kier alpha value is -2.13. The smallest absolute Gasteiger partial charge is 0.285 e. The van der Waals surface area contributed by atoms with Crippen molar-refractivity contribution in [1.82, 2.24) is 5.32 Å². The van der Waals surface area contributed by atoms with Crippen molar-refractivity contribution < 1.29 is 9.72 Å². The number of nitrogens with one attached hydrogen (secondary N) is 1. The SMILES string of the molecule is CNC(=O)c1ccc(C#C[Si](C)(C)C)c([N+](=O)[O-])c1. The topological polar surface area (TPSA) is 72.2 Å². The number of carbonyl (C=O) groups excluding carboxylic acids is 1. The minimum Gasteiger partial charge on any atom is -0.355 e. The minimum atomic E-state index is -1.60. The van der Waals surface area contributed by atoms with E-state index in [9.17, 15) is 14.9 Å². The molecule has 100 valence electrons. The van der Waals surface area contributed by atoms with Gasteiger partial charge in [0.15, 0.2) is 0 Å². The van der Waals surface area contributed by atoms with Crippen LogP contribution in [0.25, 0.3) is 0 Å². The molecule has 0 saturated carbocycles. The highest BCUT2D eigenvalue weighted by molar-refractivity contribution is 6.83. The lowest BCUT2D eigenvalue weighted by Crippen LogP contribution is -2.18. The van der Waals surface area contributed by atoms with Gasteiger partial charge in [0.1, 0.15) is 13.6 Å². The number of amides is 1. The fourth-order valence-corrected chi connectivity index (χ4v) is 1.84. The van der Waals surface area contributed by atoms with Crippen LogP contribution < -0.4 is 5.32 Å². The number of benzene rings is 1. The van der Waals surface area contributed by atoms with E-state index >= 15 is 0 Å². The van der Waals surface area contributed by atoms with Crippen molar-refractivity contribution in [1.29, 1.82) is 0 Å². The van der Waals surface area contributed by atoms with E-state index in [0.717, 1.165) is 0 Å². The Balaban J connectivity index is 3.30. The molecule has 1 N–H and O–H groups in total. The number of nitrogens with zero attached hydrogens (tertiary/aromatic N) is 1. The first-order valence-electron chi connectivity index (χ1n) is 5.78. The summed E-state index contributed by atoms with van der Waals surface area (Å²) < 4.78 is 0. The molecule has 0 aliphatic heterocycles. The van der Waals surface area contributed by atoms with Gasteiger partial charge < -0.3 is 5.32 Å². The molecule has 19 heavy (non-hydrogen) atoms. The zero-order chi connectivity index (χ0) is 14.6. The highest BCUT2D eigenvalue weighted by atomic mass is 28.3. The third-order valence-corrected chi connectivity index (χ3v) is 3.13. The lowest BCUT2D eigenvalue weighted by Gasteiger charge is -2.04.